The molecule has 0 saturated heterocycles. The zero-order valence-electron chi connectivity index (χ0n) is 11.6. The van der Waals surface area contributed by atoms with Crippen LogP contribution in [0.3, 0.4) is 0 Å². The SMILES string of the molecule is O=C(O)c1ccc2[nH]c(C(=O)OCc3ccccc3)cc2c1. The summed E-state index contributed by atoms with van der Waals surface area (Å²) in [6.45, 7) is 0.190. The van der Waals surface area contributed by atoms with Crippen LogP contribution in [-0.4, -0.2) is 22.0 Å². The number of aromatic carboxylic acids is 1. The number of esters is 1. The third-order valence-corrected chi connectivity index (χ3v) is 3.30. The van der Waals surface area contributed by atoms with Gasteiger partial charge in [-0.05, 0) is 29.8 Å². The van der Waals surface area contributed by atoms with Crippen LogP contribution in [0.15, 0.2) is 54.6 Å². The molecule has 0 fully saturated rings. The van der Waals surface area contributed by atoms with Gasteiger partial charge in [-0.25, -0.2) is 9.59 Å². The van der Waals surface area contributed by atoms with E-state index in [0.717, 1.165) is 5.56 Å². The van der Waals surface area contributed by atoms with E-state index < -0.39 is 11.9 Å². The third-order valence-electron chi connectivity index (χ3n) is 3.30. The van der Waals surface area contributed by atoms with Crippen LogP contribution in [0.2, 0.25) is 0 Å². The van der Waals surface area contributed by atoms with Crippen LogP contribution in [0.5, 0.6) is 0 Å². The molecular weight excluding hydrogens is 282 g/mol. The molecule has 0 atom stereocenters. The molecule has 0 radical (unpaired) electrons. The summed E-state index contributed by atoms with van der Waals surface area (Å²) < 4.78 is 5.23. The minimum absolute atomic E-state index is 0.177. The van der Waals surface area contributed by atoms with Gasteiger partial charge in [-0.2, -0.15) is 0 Å². The van der Waals surface area contributed by atoms with Crippen molar-refractivity contribution in [3.8, 4) is 0 Å². The van der Waals surface area contributed by atoms with E-state index in [9.17, 15) is 9.59 Å². The molecule has 0 aliphatic carbocycles. The Morgan fingerprint density at radius 3 is 2.55 bits per heavy atom. The number of carbonyl (C=O) groups is 2. The molecule has 0 unspecified atom stereocenters. The quantitative estimate of drug-likeness (QED) is 0.724. The molecule has 2 aromatic carbocycles. The van der Waals surface area contributed by atoms with Gasteiger partial charge in [0.2, 0.25) is 0 Å². The molecular formula is C17H13NO4. The molecule has 0 aliphatic heterocycles. The molecule has 2 N–H and O–H groups in total. The highest BCUT2D eigenvalue weighted by Crippen LogP contribution is 2.18. The van der Waals surface area contributed by atoms with Gasteiger partial charge in [-0.1, -0.05) is 30.3 Å². The van der Waals surface area contributed by atoms with Gasteiger partial charge in [0, 0.05) is 10.9 Å². The van der Waals surface area contributed by atoms with E-state index in [2.05, 4.69) is 4.98 Å². The number of H-pyrrole nitrogens is 1. The number of nitrogens with one attached hydrogen (secondary N) is 1. The molecule has 110 valence electrons. The lowest BCUT2D eigenvalue weighted by Crippen LogP contribution is -2.05. The van der Waals surface area contributed by atoms with Crippen LogP contribution >= 0.6 is 0 Å². The average molecular weight is 295 g/mol. The van der Waals surface area contributed by atoms with Gasteiger partial charge >= 0.3 is 11.9 Å². The van der Waals surface area contributed by atoms with E-state index in [1.54, 1.807) is 12.1 Å². The second-order valence-corrected chi connectivity index (χ2v) is 4.85. The fourth-order valence-electron chi connectivity index (χ4n) is 2.18. The van der Waals surface area contributed by atoms with Crippen LogP contribution in [0.1, 0.15) is 26.4 Å². The van der Waals surface area contributed by atoms with Crippen LogP contribution in [-0.2, 0) is 11.3 Å². The van der Waals surface area contributed by atoms with Crippen molar-refractivity contribution in [2.45, 2.75) is 6.61 Å². The highest BCUT2D eigenvalue weighted by molar-refractivity contribution is 5.98. The van der Waals surface area contributed by atoms with Gasteiger partial charge in [0.25, 0.3) is 0 Å². The highest BCUT2D eigenvalue weighted by Gasteiger charge is 2.12. The molecule has 3 aromatic rings. The maximum Gasteiger partial charge on any atom is 0.355 e. The van der Waals surface area contributed by atoms with E-state index in [0.29, 0.717) is 16.6 Å². The Bertz CT molecular complexity index is 836. The first-order chi connectivity index (χ1) is 10.6. The first-order valence-electron chi connectivity index (χ1n) is 6.70. The van der Waals surface area contributed by atoms with Crippen molar-refractivity contribution in [3.63, 3.8) is 0 Å². The van der Waals surface area contributed by atoms with Crippen molar-refractivity contribution in [2.24, 2.45) is 0 Å². The minimum atomic E-state index is -1.00. The Kier molecular flexibility index (Phi) is 3.62. The summed E-state index contributed by atoms with van der Waals surface area (Å²) >= 11 is 0. The summed E-state index contributed by atoms with van der Waals surface area (Å²) in [4.78, 5) is 25.9. The minimum Gasteiger partial charge on any atom is -0.478 e. The van der Waals surface area contributed by atoms with Crippen LogP contribution in [0.4, 0.5) is 0 Å². The van der Waals surface area contributed by atoms with Gasteiger partial charge < -0.3 is 14.8 Å². The van der Waals surface area contributed by atoms with Crippen LogP contribution < -0.4 is 0 Å². The van der Waals surface area contributed by atoms with Crippen molar-refractivity contribution >= 4 is 22.8 Å². The van der Waals surface area contributed by atoms with E-state index in [4.69, 9.17) is 9.84 Å². The Hall–Kier alpha value is -3.08. The Morgan fingerprint density at radius 2 is 1.82 bits per heavy atom. The van der Waals surface area contributed by atoms with Gasteiger partial charge in [-0.3, -0.25) is 0 Å². The number of benzene rings is 2. The van der Waals surface area contributed by atoms with Crippen LogP contribution in [0, 0.1) is 0 Å². The summed E-state index contributed by atoms with van der Waals surface area (Å²) in [5.41, 5.74) is 2.07. The lowest BCUT2D eigenvalue weighted by atomic mass is 10.1. The number of rotatable bonds is 4. The molecule has 1 aromatic heterocycles. The van der Waals surface area contributed by atoms with Crippen molar-refractivity contribution in [2.75, 3.05) is 0 Å². The fourth-order valence-corrected chi connectivity index (χ4v) is 2.18. The molecule has 0 aliphatic rings. The molecule has 0 amide bonds. The molecule has 0 saturated carbocycles. The Labute approximate surface area is 126 Å². The predicted molar refractivity (Wildman–Crippen MR) is 80.8 cm³/mol. The van der Waals surface area contributed by atoms with Gasteiger partial charge in [0.15, 0.2) is 0 Å². The summed E-state index contributed by atoms with van der Waals surface area (Å²) in [5, 5.41) is 9.63. The van der Waals surface area contributed by atoms with E-state index in [1.165, 1.54) is 12.1 Å². The number of fused-ring (bicyclic) bond motifs is 1. The number of ether oxygens (including phenoxy) is 1. The standard InChI is InChI=1S/C17H13NO4/c19-16(20)12-6-7-14-13(8-12)9-15(18-14)17(21)22-10-11-4-2-1-3-5-11/h1-9,18H,10H2,(H,19,20). The Balaban J connectivity index is 1.78. The van der Waals surface area contributed by atoms with Gasteiger partial charge in [0.05, 0.1) is 5.56 Å². The summed E-state index contributed by atoms with van der Waals surface area (Å²) in [7, 11) is 0. The topological polar surface area (TPSA) is 79.4 Å². The summed E-state index contributed by atoms with van der Waals surface area (Å²) in [6.07, 6.45) is 0. The average Bonchev–Trinajstić information content (AvgIpc) is 2.96. The molecule has 3 rings (SSSR count). The summed E-state index contributed by atoms with van der Waals surface area (Å²) in [6, 6.07) is 15.6. The second kappa shape index (κ2) is 5.73. The van der Waals surface area contributed by atoms with Crippen molar-refractivity contribution in [1.82, 2.24) is 4.98 Å². The molecule has 22 heavy (non-hydrogen) atoms. The first kappa shape index (κ1) is 13.9. The lowest BCUT2D eigenvalue weighted by Gasteiger charge is -2.02. The number of carbonyl (C=O) groups excluding carboxylic acids is 1. The largest absolute Gasteiger partial charge is 0.478 e. The number of hydrogen-bond acceptors (Lipinski definition) is 3. The Morgan fingerprint density at radius 1 is 1.05 bits per heavy atom. The number of aromatic nitrogens is 1. The predicted octanol–water partition coefficient (Wildman–Crippen LogP) is 3.22. The molecule has 1 heterocycles. The maximum atomic E-state index is 12.0. The van der Waals surface area contributed by atoms with Crippen molar-refractivity contribution < 1.29 is 19.4 Å². The first-order valence-corrected chi connectivity index (χ1v) is 6.70. The second-order valence-electron chi connectivity index (χ2n) is 4.85. The third kappa shape index (κ3) is 2.83. The van der Waals surface area contributed by atoms with Crippen molar-refractivity contribution in [1.29, 1.82) is 0 Å². The highest BCUT2D eigenvalue weighted by atomic mass is 16.5. The van der Waals surface area contributed by atoms with E-state index >= 15 is 0 Å². The van der Waals surface area contributed by atoms with Gasteiger partial charge in [0.1, 0.15) is 12.3 Å². The normalized spacial score (nSPS) is 10.5. The fraction of sp³-hybridized carbons (Fsp3) is 0.0588. The number of carboxylic acids is 1. The smallest absolute Gasteiger partial charge is 0.355 e. The lowest BCUT2D eigenvalue weighted by molar-refractivity contribution is 0.0466. The zero-order valence-corrected chi connectivity index (χ0v) is 11.6. The number of carboxylic acid groups (broad SMARTS) is 1. The summed E-state index contributed by atoms with van der Waals surface area (Å²) in [5.74, 6) is -1.48. The molecule has 0 spiro atoms. The monoisotopic (exact) mass is 295 g/mol. The molecule has 5 heteroatoms. The van der Waals surface area contributed by atoms with Crippen LogP contribution in [0.25, 0.3) is 10.9 Å². The van der Waals surface area contributed by atoms with Crippen molar-refractivity contribution in [3.05, 3.63) is 71.4 Å². The van der Waals surface area contributed by atoms with E-state index in [-0.39, 0.29) is 12.2 Å². The van der Waals surface area contributed by atoms with E-state index in [1.807, 2.05) is 30.3 Å². The molecule has 5 nitrogen and oxygen atoms in total. The number of aromatic amines is 1. The zero-order chi connectivity index (χ0) is 15.5. The van der Waals surface area contributed by atoms with Gasteiger partial charge in [-0.15, -0.1) is 0 Å². The molecule has 0 bridgehead atoms. The maximum absolute atomic E-state index is 12.0. The number of hydrogen-bond donors (Lipinski definition) is 2.